The first kappa shape index (κ1) is 28.0. The number of nitrogens with one attached hydrogen (secondary N) is 1. The lowest BCUT2D eigenvalue weighted by Gasteiger charge is -2.20. The Morgan fingerprint density at radius 2 is 1.79 bits per heavy atom. The van der Waals surface area contributed by atoms with Crippen molar-refractivity contribution < 1.29 is 41.4 Å². The van der Waals surface area contributed by atoms with E-state index in [1.165, 1.54) is 24.4 Å². The highest BCUT2D eigenvalue weighted by Gasteiger charge is 2.38. The molecule has 2 aromatic rings. The zero-order valence-electron chi connectivity index (χ0n) is 17.4. The summed E-state index contributed by atoms with van der Waals surface area (Å²) in [5, 5.41) is 16.7. The molecule has 0 fully saturated rings. The summed E-state index contributed by atoms with van der Waals surface area (Å²) in [6.07, 6.45) is -1.95. The molecule has 14 heteroatoms. The van der Waals surface area contributed by atoms with Crippen molar-refractivity contribution in [3.05, 3.63) is 47.1 Å². The van der Waals surface area contributed by atoms with Crippen LogP contribution in [0.5, 0.6) is 0 Å². The van der Waals surface area contributed by atoms with Gasteiger partial charge in [0.15, 0.2) is 0 Å². The predicted molar refractivity (Wildman–Crippen MR) is 115 cm³/mol. The van der Waals surface area contributed by atoms with E-state index < -0.39 is 28.1 Å². The highest BCUT2D eigenvalue weighted by atomic mass is 35.5. The molecule has 0 aliphatic heterocycles. The third-order valence-electron chi connectivity index (χ3n) is 3.93. The van der Waals surface area contributed by atoms with Crippen molar-refractivity contribution in [3.8, 4) is 0 Å². The number of sulfonamides is 1. The Hall–Kier alpha value is -3.06. The molecule has 0 aliphatic carbocycles. The lowest BCUT2D eigenvalue weighted by Crippen LogP contribution is -2.23. The Balaban J connectivity index is 0.000000675. The van der Waals surface area contributed by atoms with Gasteiger partial charge < -0.3 is 15.1 Å². The topological polar surface area (TPSA) is 137 Å². The molecule has 0 unspecified atom stereocenters. The molecule has 0 radical (unpaired) electrons. The molecule has 182 valence electrons. The van der Waals surface area contributed by atoms with E-state index in [1.54, 1.807) is 24.1 Å². The SMILES string of the molecule is CCCCN(C)c1ncc(NS(=O)(=O)c2ccccc2Cl)cc1C(=O)O.O=C(O)C(F)(F)F. The lowest BCUT2D eigenvalue weighted by molar-refractivity contribution is -0.192. The second-order valence-corrected chi connectivity index (χ2v) is 8.57. The monoisotopic (exact) mass is 511 g/mol. The van der Waals surface area contributed by atoms with Crippen LogP contribution in [0.3, 0.4) is 0 Å². The number of aliphatic carboxylic acids is 1. The molecule has 0 saturated carbocycles. The number of carboxylic acid groups (broad SMARTS) is 2. The van der Waals surface area contributed by atoms with Gasteiger partial charge in [-0.2, -0.15) is 13.2 Å². The van der Waals surface area contributed by atoms with Crippen LogP contribution in [-0.4, -0.2) is 55.3 Å². The number of benzene rings is 1. The number of carboxylic acids is 2. The highest BCUT2D eigenvalue weighted by molar-refractivity contribution is 7.92. The van der Waals surface area contributed by atoms with E-state index in [2.05, 4.69) is 9.71 Å². The Kier molecular flexibility index (Phi) is 9.92. The molecular weight excluding hydrogens is 491 g/mol. The average Bonchev–Trinajstić information content (AvgIpc) is 2.71. The van der Waals surface area contributed by atoms with Gasteiger partial charge in [-0.15, -0.1) is 0 Å². The molecule has 1 aromatic carbocycles. The molecule has 9 nitrogen and oxygen atoms in total. The zero-order valence-corrected chi connectivity index (χ0v) is 19.0. The van der Waals surface area contributed by atoms with Crippen LogP contribution < -0.4 is 9.62 Å². The van der Waals surface area contributed by atoms with Crippen LogP contribution in [0.25, 0.3) is 0 Å². The normalized spacial score (nSPS) is 11.2. The predicted octanol–water partition coefficient (Wildman–Crippen LogP) is 4.10. The summed E-state index contributed by atoms with van der Waals surface area (Å²) in [6, 6.07) is 7.24. The summed E-state index contributed by atoms with van der Waals surface area (Å²) in [7, 11) is -2.21. The molecule has 1 aromatic heterocycles. The first-order valence-corrected chi connectivity index (χ1v) is 11.1. The fraction of sp³-hybridized carbons (Fsp3) is 0.316. The minimum Gasteiger partial charge on any atom is -0.478 e. The van der Waals surface area contributed by atoms with E-state index in [-0.39, 0.29) is 27.0 Å². The first-order chi connectivity index (χ1) is 15.2. The van der Waals surface area contributed by atoms with E-state index in [0.29, 0.717) is 6.54 Å². The number of carbonyl (C=O) groups is 2. The summed E-state index contributed by atoms with van der Waals surface area (Å²) in [6.45, 7) is 2.68. The van der Waals surface area contributed by atoms with Crippen molar-refractivity contribution in [2.75, 3.05) is 23.2 Å². The summed E-state index contributed by atoms with van der Waals surface area (Å²) in [4.78, 5) is 26.3. The van der Waals surface area contributed by atoms with E-state index in [1.807, 2.05) is 6.92 Å². The van der Waals surface area contributed by atoms with Gasteiger partial charge in [-0.25, -0.2) is 23.0 Å². The fourth-order valence-electron chi connectivity index (χ4n) is 2.35. The van der Waals surface area contributed by atoms with E-state index in [4.69, 9.17) is 21.5 Å². The van der Waals surface area contributed by atoms with Gasteiger partial charge in [0.25, 0.3) is 10.0 Å². The van der Waals surface area contributed by atoms with E-state index in [9.17, 15) is 31.5 Å². The van der Waals surface area contributed by atoms with Gasteiger partial charge in [0.1, 0.15) is 16.3 Å². The first-order valence-electron chi connectivity index (χ1n) is 9.22. The van der Waals surface area contributed by atoms with Gasteiger partial charge in [0.05, 0.1) is 16.9 Å². The van der Waals surface area contributed by atoms with Crippen LogP contribution in [0.1, 0.15) is 30.1 Å². The van der Waals surface area contributed by atoms with Crippen LogP contribution in [0.15, 0.2) is 41.4 Å². The molecule has 0 atom stereocenters. The van der Waals surface area contributed by atoms with Crippen molar-refractivity contribution in [1.29, 1.82) is 0 Å². The third-order valence-corrected chi connectivity index (χ3v) is 5.81. The van der Waals surface area contributed by atoms with Crippen molar-refractivity contribution in [1.82, 2.24) is 4.98 Å². The molecule has 0 saturated heterocycles. The maximum atomic E-state index is 12.5. The average molecular weight is 512 g/mol. The van der Waals surface area contributed by atoms with Crippen LogP contribution in [0, 0.1) is 0 Å². The van der Waals surface area contributed by atoms with Gasteiger partial charge in [-0.1, -0.05) is 37.1 Å². The molecule has 0 bridgehead atoms. The summed E-state index contributed by atoms with van der Waals surface area (Å²) >= 11 is 5.94. The smallest absolute Gasteiger partial charge is 0.478 e. The van der Waals surface area contributed by atoms with E-state index >= 15 is 0 Å². The number of aromatic nitrogens is 1. The van der Waals surface area contributed by atoms with Crippen molar-refractivity contribution in [2.45, 2.75) is 30.8 Å². The number of hydrogen-bond acceptors (Lipinski definition) is 6. The molecule has 0 aliphatic rings. The Morgan fingerprint density at radius 3 is 2.27 bits per heavy atom. The van der Waals surface area contributed by atoms with Gasteiger partial charge in [-0.05, 0) is 24.6 Å². The van der Waals surface area contributed by atoms with Gasteiger partial charge >= 0.3 is 18.1 Å². The Morgan fingerprint density at radius 1 is 1.21 bits per heavy atom. The summed E-state index contributed by atoms with van der Waals surface area (Å²) < 4.78 is 59.0. The second kappa shape index (κ2) is 11.7. The molecule has 0 spiro atoms. The minimum absolute atomic E-state index is 0.0509. The van der Waals surface area contributed by atoms with E-state index in [0.717, 1.165) is 12.8 Å². The number of halogens is 4. The van der Waals surface area contributed by atoms with Crippen LogP contribution in [0.2, 0.25) is 5.02 Å². The van der Waals surface area contributed by atoms with Crippen molar-refractivity contribution in [2.24, 2.45) is 0 Å². The minimum atomic E-state index is -5.08. The van der Waals surface area contributed by atoms with Crippen LogP contribution in [0.4, 0.5) is 24.7 Å². The molecule has 3 N–H and O–H groups in total. The zero-order chi connectivity index (χ0) is 25.4. The summed E-state index contributed by atoms with van der Waals surface area (Å²) in [5.41, 5.74) is -0.0297. The third kappa shape index (κ3) is 8.42. The maximum absolute atomic E-state index is 12.5. The molecule has 33 heavy (non-hydrogen) atoms. The Bertz CT molecular complexity index is 1100. The molecule has 1 heterocycles. The number of nitrogens with zero attached hydrogens (tertiary/aromatic N) is 2. The number of hydrogen-bond donors (Lipinski definition) is 3. The molecule has 0 amide bonds. The molecule has 2 rings (SSSR count). The number of pyridine rings is 1. The number of rotatable bonds is 8. The van der Waals surface area contributed by atoms with Crippen molar-refractivity contribution >= 4 is 45.1 Å². The largest absolute Gasteiger partial charge is 0.490 e. The van der Waals surface area contributed by atoms with Crippen LogP contribution >= 0.6 is 11.6 Å². The number of unbranched alkanes of at least 4 members (excludes halogenated alkanes) is 1. The Labute approximate surface area is 192 Å². The number of aromatic carboxylic acids is 1. The standard InChI is InChI=1S/C17H20ClN3O4S.C2HF3O2/c1-3-4-9-21(2)16-13(17(22)23)10-12(11-19-16)20-26(24,25)15-8-6-5-7-14(15)18;3-2(4,5)1(6)7/h5-8,10-11,20H,3-4,9H2,1-2H3,(H,22,23);(H,6,7). The number of alkyl halides is 3. The lowest BCUT2D eigenvalue weighted by atomic mass is 10.2. The second-order valence-electron chi connectivity index (χ2n) is 6.51. The highest BCUT2D eigenvalue weighted by Crippen LogP contribution is 2.26. The summed E-state index contributed by atoms with van der Waals surface area (Å²) in [5.74, 6) is -3.66. The van der Waals surface area contributed by atoms with Gasteiger partial charge in [0.2, 0.25) is 0 Å². The van der Waals surface area contributed by atoms with Gasteiger partial charge in [-0.3, -0.25) is 4.72 Å². The quantitative estimate of drug-likeness (QED) is 0.481. The maximum Gasteiger partial charge on any atom is 0.490 e. The molecular formula is C19H21ClF3N3O6S. The fourth-order valence-corrected chi connectivity index (χ4v) is 3.90. The van der Waals surface area contributed by atoms with Crippen LogP contribution in [-0.2, 0) is 14.8 Å². The number of anilines is 2. The van der Waals surface area contributed by atoms with Gasteiger partial charge in [0, 0.05) is 13.6 Å². The van der Waals surface area contributed by atoms with Crippen molar-refractivity contribution in [3.63, 3.8) is 0 Å².